The first-order chi connectivity index (χ1) is 14.4. The molecule has 2 aromatic rings. The lowest BCUT2D eigenvalue weighted by atomic mass is 10.0. The molecule has 0 aliphatic carbocycles. The first kappa shape index (κ1) is 21.5. The van der Waals surface area contributed by atoms with Crippen molar-refractivity contribution in [1.29, 1.82) is 0 Å². The van der Waals surface area contributed by atoms with Crippen LogP contribution in [0.3, 0.4) is 0 Å². The van der Waals surface area contributed by atoms with Gasteiger partial charge in [-0.15, -0.1) is 0 Å². The third-order valence-electron chi connectivity index (χ3n) is 5.29. The predicted octanol–water partition coefficient (Wildman–Crippen LogP) is 3.99. The second-order valence-corrected chi connectivity index (χ2v) is 7.14. The van der Waals surface area contributed by atoms with Gasteiger partial charge in [0.05, 0.1) is 18.4 Å². The maximum Gasteiger partial charge on any atom is 0.410 e. The van der Waals surface area contributed by atoms with Crippen molar-refractivity contribution in [3.05, 3.63) is 65.2 Å². The lowest BCUT2D eigenvalue weighted by Gasteiger charge is -2.37. The van der Waals surface area contributed by atoms with Crippen molar-refractivity contribution in [2.45, 2.75) is 25.5 Å². The summed E-state index contributed by atoms with van der Waals surface area (Å²) >= 11 is 0. The average Bonchev–Trinajstić information content (AvgIpc) is 2.78. The third-order valence-corrected chi connectivity index (χ3v) is 5.29. The molecule has 1 heterocycles. The predicted molar refractivity (Wildman–Crippen MR) is 107 cm³/mol. The van der Waals surface area contributed by atoms with Crippen LogP contribution >= 0.6 is 0 Å². The van der Waals surface area contributed by atoms with Crippen LogP contribution in [-0.2, 0) is 16.1 Å². The van der Waals surface area contributed by atoms with E-state index >= 15 is 0 Å². The van der Waals surface area contributed by atoms with E-state index in [0.29, 0.717) is 25.9 Å². The number of amides is 1. The van der Waals surface area contributed by atoms with Gasteiger partial charge in [0, 0.05) is 32.2 Å². The summed E-state index contributed by atoms with van der Waals surface area (Å²) in [5, 5.41) is 0. The Bertz CT molecular complexity index is 900. The van der Waals surface area contributed by atoms with Crippen molar-refractivity contribution >= 4 is 17.7 Å². The molecular formula is C22H24F2N2O4. The number of carbonyl (C=O) groups excluding carboxylic acids is 2. The normalized spacial score (nSPS) is 14.3. The fraction of sp³-hybridized carbons (Fsp3) is 0.364. The number of hydrogen-bond acceptors (Lipinski definition) is 5. The molecule has 1 fully saturated rings. The Labute approximate surface area is 174 Å². The molecule has 1 amide bonds. The lowest BCUT2D eigenvalue weighted by molar-refractivity contribution is 0.0595. The number of benzene rings is 2. The number of esters is 1. The number of halogens is 2. The maximum atomic E-state index is 14.5. The smallest absolute Gasteiger partial charge is 0.410 e. The van der Waals surface area contributed by atoms with Crippen LogP contribution in [0.4, 0.5) is 19.3 Å². The minimum Gasteiger partial charge on any atom is -0.465 e. The molecule has 0 spiro atoms. The highest BCUT2D eigenvalue weighted by Gasteiger charge is 2.28. The highest BCUT2D eigenvalue weighted by Crippen LogP contribution is 2.28. The molecule has 0 atom stereocenters. The molecule has 2 aromatic carbocycles. The Morgan fingerprint density at radius 3 is 2.40 bits per heavy atom. The van der Waals surface area contributed by atoms with Gasteiger partial charge in [0.2, 0.25) is 0 Å². The molecule has 8 heteroatoms. The van der Waals surface area contributed by atoms with Gasteiger partial charge in [0.25, 0.3) is 0 Å². The van der Waals surface area contributed by atoms with Crippen molar-refractivity contribution in [1.82, 2.24) is 4.90 Å². The molecule has 0 saturated carbocycles. The molecule has 1 aliphatic heterocycles. The average molecular weight is 418 g/mol. The quantitative estimate of drug-likeness (QED) is 0.688. The number of methoxy groups -OCH3 is 1. The van der Waals surface area contributed by atoms with Crippen molar-refractivity contribution in [3.63, 3.8) is 0 Å². The summed E-state index contributed by atoms with van der Waals surface area (Å²) in [6.45, 7) is 1.07. The van der Waals surface area contributed by atoms with Gasteiger partial charge in [-0.1, -0.05) is 30.3 Å². The van der Waals surface area contributed by atoms with Crippen LogP contribution in [0.25, 0.3) is 0 Å². The standard InChI is InChI=1S/C22H24F2N2O4/c1-25(22(28)30-14-15-6-4-3-5-7-15)16-8-10-26(11-9-16)20-13-18(23)17(12-19(20)24)21(27)29-2/h3-7,12-13,16H,8-11,14H2,1-2H3. The van der Waals surface area contributed by atoms with E-state index in [1.807, 2.05) is 30.3 Å². The molecule has 0 aromatic heterocycles. The van der Waals surface area contributed by atoms with Gasteiger partial charge in [-0.25, -0.2) is 18.4 Å². The minimum atomic E-state index is -0.924. The molecule has 160 valence electrons. The maximum absolute atomic E-state index is 14.5. The van der Waals surface area contributed by atoms with E-state index in [2.05, 4.69) is 4.74 Å². The number of anilines is 1. The molecule has 3 rings (SSSR count). The summed E-state index contributed by atoms with van der Waals surface area (Å²) in [4.78, 5) is 27.1. The Morgan fingerprint density at radius 1 is 1.10 bits per heavy atom. The topological polar surface area (TPSA) is 59.1 Å². The highest BCUT2D eigenvalue weighted by atomic mass is 19.1. The first-order valence-corrected chi connectivity index (χ1v) is 9.66. The van der Waals surface area contributed by atoms with Crippen molar-refractivity contribution in [3.8, 4) is 0 Å². The van der Waals surface area contributed by atoms with Crippen molar-refractivity contribution in [2.75, 3.05) is 32.1 Å². The molecule has 6 nitrogen and oxygen atoms in total. The van der Waals surface area contributed by atoms with Gasteiger partial charge < -0.3 is 19.3 Å². The summed E-state index contributed by atoms with van der Waals surface area (Å²) in [6.07, 6.45) is 0.741. The fourth-order valence-corrected chi connectivity index (χ4v) is 3.51. The Kier molecular flexibility index (Phi) is 6.87. The van der Waals surface area contributed by atoms with E-state index < -0.39 is 29.3 Å². The number of carbonyl (C=O) groups is 2. The van der Waals surface area contributed by atoms with Gasteiger partial charge in [0.15, 0.2) is 0 Å². The van der Waals surface area contributed by atoms with Gasteiger partial charge in [-0.2, -0.15) is 0 Å². The minimum absolute atomic E-state index is 0.0632. The van der Waals surface area contributed by atoms with Crippen LogP contribution < -0.4 is 4.90 Å². The lowest BCUT2D eigenvalue weighted by Crippen LogP contribution is -2.46. The van der Waals surface area contributed by atoms with E-state index in [1.165, 1.54) is 0 Å². The van der Waals surface area contributed by atoms with Crippen molar-refractivity contribution < 1.29 is 27.8 Å². The van der Waals surface area contributed by atoms with Crippen LogP contribution in [-0.4, -0.2) is 50.3 Å². The summed E-state index contributed by atoms with van der Waals surface area (Å²) < 4.78 is 38.5. The Hall–Kier alpha value is -3.16. The fourth-order valence-electron chi connectivity index (χ4n) is 3.51. The van der Waals surface area contributed by atoms with E-state index in [-0.39, 0.29) is 18.3 Å². The van der Waals surface area contributed by atoms with Crippen LogP contribution in [0.2, 0.25) is 0 Å². The molecular weight excluding hydrogens is 394 g/mol. The van der Waals surface area contributed by atoms with E-state index in [1.54, 1.807) is 16.8 Å². The number of piperidine rings is 1. The van der Waals surface area contributed by atoms with Crippen LogP contribution in [0.5, 0.6) is 0 Å². The Morgan fingerprint density at radius 2 is 1.77 bits per heavy atom. The molecule has 30 heavy (non-hydrogen) atoms. The van der Waals surface area contributed by atoms with E-state index in [0.717, 1.165) is 24.8 Å². The van der Waals surface area contributed by atoms with Gasteiger partial charge in [0.1, 0.15) is 18.2 Å². The van der Waals surface area contributed by atoms with E-state index in [9.17, 15) is 18.4 Å². The zero-order valence-corrected chi connectivity index (χ0v) is 16.9. The van der Waals surface area contributed by atoms with Crippen LogP contribution in [0.1, 0.15) is 28.8 Å². The van der Waals surface area contributed by atoms with E-state index in [4.69, 9.17) is 4.74 Å². The summed E-state index contributed by atoms with van der Waals surface area (Å²) in [5.74, 6) is -2.44. The van der Waals surface area contributed by atoms with Gasteiger partial charge in [-0.3, -0.25) is 0 Å². The molecule has 1 saturated heterocycles. The number of ether oxygens (including phenoxy) is 2. The number of rotatable bonds is 5. The summed E-state index contributed by atoms with van der Waals surface area (Å²) in [6, 6.07) is 11.2. The molecule has 0 radical (unpaired) electrons. The second-order valence-electron chi connectivity index (χ2n) is 7.14. The second kappa shape index (κ2) is 9.56. The summed E-state index contributed by atoms with van der Waals surface area (Å²) in [5.41, 5.74) is 0.560. The molecule has 1 aliphatic rings. The largest absolute Gasteiger partial charge is 0.465 e. The highest BCUT2D eigenvalue weighted by molar-refractivity contribution is 5.90. The molecule has 0 bridgehead atoms. The zero-order valence-electron chi connectivity index (χ0n) is 16.9. The first-order valence-electron chi connectivity index (χ1n) is 9.66. The monoisotopic (exact) mass is 418 g/mol. The summed E-state index contributed by atoms with van der Waals surface area (Å²) in [7, 11) is 2.79. The zero-order chi connectivity index (χ0) is 21.7. The van der Waals surface area contributed by atoms with Gasteiger partial charge in [-0.05, 0) is 24.5 Å². The van der Waals surface area contributed by atoms with Crippen molar-refractivity contribution in [2.24, 2.45) is 0 Å². The number of hydrogen-bond donors (Lipinski definition) is 0. The molecule has 0 unspecified atom stereocenters. The SMILES string of the molecule is COC(=O)c1cc(F)c(N2CCC(N(C)C(=O)OCc3ccccc3)CC2)cc1F. The molecule has 0 N–H and O–H groups in total. The third kappa shape index (κ3) is 4.87. The van der Waals surface area contributed by atoms with Crippen LogP contribution in [0.15, 0.2) is 42.5 Å². The van der Waals surface area contributed by atoms with Crippen LogP contribution in [0, 0.1) is 11.6 Å². The Balaban J connectivity index is 1.57. The number of nitrogens with zero attached hydrogens (tertiary/aromatic N) is 2. The van der Waals surface area contributed by atoms with Gasteiger partial charge >= 0.3 is 12.1 Å².